The Bertz CT molecular complexity index is 772. The Morgan fingerprint density at radius 3 is 2.70 bits per heavy atom. The van der Waals surface area contributed by atoms with Gasteiger partial charge in [0.2, 0.25) is 5.91 Å². The smallest absolute Gasteiger partial charge is 0.243 e. The van der Waals surface area contributed by atoms with Crippen LogP contribution < -0.4 is 15.4 Å². The summed E-state index contributed by atoms with van der Waals surface area (Å²) in [6.45, 7) is 0.0139. The van der Waals surface area contributed by atoms with Crippen molar-refractivity contribution in [3.8, 4) is 11.8 Å². The summed E-state index contributed by atoms with van der Waals surface area (Å²) in [5.74, 6) is 0.245. The molecule has 0 aliphatic rings. The Morgan fingerprint density at radius 1 is 1.26 bits per heavy atom. The molecule has 5 nitrogen and oxygen atoms in total. The van der Waals surface area contributed by atoms with Gasteiger partial charge in [0.25, 0.3) is 0 Å². The van der Waals surface area contributed by atoms with Gasteiger partial charge in [-0.1, -0.05) is 23.2 Å². The fraction of sp³-hybridized carbons (Fsp3) is 0.125. The van der Waals surface area contributed by atoms with Crippen molar-refractivity contribution in [3.05, 3.63) is 52.0 Å². The van der Waals surface area contributed by atoms with E-state index >= 15 is 0 Å². The summed E-state index contributed by atoms with van der Waals surface area (Å²) in [5, 5.41) is 15.5. The normalized spacial score (nSPS) is 9.83. The minimum atomic E-state index is -0.310. The summed E-state index contributed by atoms with van der Waals surface area (Å²) in [7, 11) is 1.53. The van der Waals surface area contributed by atoms with Crippen molar-refractivity contribution in [1.29, 1.82) is 5.26 Å². The van der Waals surface area contributed by atoms with Crippen LogP contribution in [0.15, 0.2) is 36.4 Å². The molecule has 0 aliphatic heterocycles. The fourth-order valence-corrected chi connectivity index (χ4v) is 2.30. The number of amides is 1. The van der Waals surface area contributed by atoms with Crippen molar-refractivity contribution in [2.75, 3.05) is 24.3 Å². The summed E-state index contributed by atoms with van der Waals surface area (Å²) >= 11 is 11.9. The molecular formula is C16H13Cl2N3O2. The number of methoxy groups -OCH3 is 1. The number of rotatable bonds is 5. The van der Waals surface area contributed by atoms with Crippen LogP contribution in [0, 0.1) is 11.3 Å². The van der Waals surface area contributed by atoms with Gasteiger partial charge in [0.15, 0.2) is 0 Å². The third-order valence-corrected chi connectivity index (χ3v) is 3.51. The summed E-state index contributed by atoms with van der Waals surface area (Å²) in [4.78, 5) is 12.0. The maximum Gasteiger partial charge on any atom is 0.243 e. The second kappa shape index (κ2) is 7.73. The van der Waals surface area contributed by atoms with E-state index in [2.05, 4.69) is 10.6 Å². The number of nitrogens with one attached hydrogen (secondary N) is 2. The Morgan fingerprint density at radius 2 is 2.04 bits per heavy atom. The third kappa shape index (κ3) is 4.52. The molecule has 2 aromatic rings. The van der Waals surface area contributed by atoms with E-state index in [0.29, 0.717) is 32.7 Å². The molecule has 1 amide bonds. The molecule has 0 spiro atoms. The van der Waals surface area contributed by atoms with Crippen LogP contribution in [0.25, 0.3) is 0 Å². The number of halogens is 2. The van der Waals surface area contributed by atoms with Gasteiger partial charge in [-0.15, -0.1) is 0 Å². The lowest BCUT2D eigenvalue weighted by Gasteiger charge is -2.10. The molecule has 0 atom stereocenters. The lowest BCUT2D eigenvalue weighted by atomic mass is 10.2. The second-order valence-corrected chi connectivity index (χ2v) is 5.40. The van der Waals surface area contributed by atoms with Crippen LogP contribution >= 0.6 is 23.2 Å². The molecule has 0 saturated carbocycles. The zero-order chi connectivity index (χ0) is 16.8. The number of carbonyl (C=O) groups is 1. The monoisotopic (exact) mass is 349 g/mol. The Labute approximate surface area is 143 Å². The average molecular weight is 350 g/mol. The number of anilines is 2. The first-order chi connectivity index (χ1) is 11.0. The van der Waals surface area contributed by atoms with Crippen LogP contribution in [-0.4, -0.2) is 19.6 Å². The predicted molar refractivity (Wildman–Crippen MR) is 91.3 cm³/mol. The van der Waals surface area contributed by atoms with Gasteiger partial charge in [0.05, 0.1) is 29.9 Å². The van der Waals surface area contributed by atoms with Gasteiger partial charge in [0.1, 0.15) is 11.8 Å². The van der Waals surface area contributed by atoms with Gasteiger partial charge in [-0.3, -0.25) is 4.79 Å². The number of hydrogen-bond donors (Lipinski definition) is 2. The van der Waals surface area contributed by atoms with Crippen molar-refractivity contribution in [1.82, 2.24) is 0 Å². The van der Waals surface area contributed by atoms with E-state index in [0.717, 1.165) is 0 Å². The van der Waals surface area contributed by atoms with Crippen LogP contribution in [0.5, 0.6) is 5.75 Å². The zero-order valence-corrected chi connectivity index (χ0v) is 13.7. The molecule has 0 heterocycles. The minimum absolute atomic E-state index is 0.0139. The SMILES string of the molecule is COc1ccc(NCC(=O)Nc2cc(Cl)ccc2C#N)cc1Cl. The summed E-state index contributed by atoms with van der Waals surface area (Å²) in [5.41, 5.74) is 1.40. The quantitative estimate of drug-likeness (QED) is 0.857. The predicted octanol–water partition coefficient (Wildman–Crippen LogP) is 3.92. The van der Waals surface area contributed by atoms with Crippen molar-refractivity contribution in [2.24, 2.45) is 0 Å². The molecule has 0 aromatic heterocycles. The van der Waals surface area contributed by atoms with E-state index < -0.39 is 0 Å². The standard InChI is InChI=1S/C16H13Cl2N3O2/c1-23-15-5-4-12(7-13(15)18)20-9-16(22)21-14-6-11(17)3-2-10(14)8-19/h2-7,20H,9H2,1H3,(H,21,22). The summed E-state index contributed by atoms with van der Waals surface area (Å²) in [6.07, 6.45) is 0. The van der Waals surface area contributed by atoms with Crippen LogP contribution in [-0.2, 0) is 4.79 Å². The number of carbonyl (C=O) groups excluding carboxylic acids is 1. The zero-order valence-electron chi connectivity index (χ0n) is 12.2. The van der Waals surface area contributed by atoms with Crippen molar-refractivity contribution >= 4 is 40.5 Å². The fourth-order valence-electron chi connectivity index (χ4n) is 1.87. The highest BCUT2D eigenvalue weighted by Crippen LogP contribution is 2.27. The largest absolute Gasteiger partial charge is 0.495 e. The molecule has 0 bridgehead atoms. The third-order valence-electron chi connectivity index (χ3n) is 2.98. The average Bonchev–Trinajstić information content (AvgIpc) is 2.53. The molecule has 2 rings (SSSR count). The van der Waals surface area contributed by atoms with E-state index in [-0.39, 0.29) is 12.5 Å². The molecule has 0 unspecified atom stereocenters. The first-order valence-corrected chi connectivity index (χ1v) is 7.36. The molecule has 2 aromatic carbocycles. The second-order valence-electron chi connectivity index (χ2n) is 4.55. The van der Waals surface area contributed by atoms with Crippen molar-refractivity contribution in [3.63, 3.8) is 0 Å². The number of nitriles is 1. The number of nitrogens with zero attached hydrogens (tertiary/aromatic N) is 1. The van der Waals surface area contributed by atoms with Gasteiger partial charge in [-0.25, -0.2) is 0 Å². The molecule has 0 radical (unpaired) electrons. The Balaban J connectivity index is 1.99. The summed E-state index contributed by atoms with van der Waals surface area (Å²) < 4.78 is 5.06. The first-order valence-electron chi connectivity index (χ1n) is 6.60. The highest BCUT2D eigenvalue weighted by Gasteiger charge is 2.08. The first kappa shape index (κ1) is 16.9. The Hall–Kier alpha value is -2.42. The molecule has 2 N–H and O–H groups in total. The van der Waals surface area contributed by atoms with Crippen molar-refractivity contribution in [2.45, 2.75) is 0 Å². The van der Waals surface area contributed by atoms with Crippen LogP contribution in [0.4, 0.5) is 11.4 Å². The van der Waals surface area contributed by atoms with Gasteiger partial charge in [0, 0.05) is 10.7 Å². The molecular weight excluding hydrogens is 337 g/mol. The highest BCUT2D eigenvalue weighted by atomic mass is 35.5. The molecule has 23 heavy (non-hydrogen) atoms. The van der Waals surface area contributed by atoms with Crippen LogP contribution in [0.2, 0.25) is 10.0 Å². The molecule has 7 heteroatoms. The number of benzene rings is 2. The van der Waals surface area contributed by atoms with Gasteiger partial charge in [-0.2, -0.15) is 5.26 Å². The summed E-state index contributed by atoms with van der Waals surface area (Å²) in [6, 6.07) is 11.8. The minimum Gasteiger partial charge on any atom is -0.495 e. The van der Waals surface area contributed by atoms with E-state index in [1.807, 2.05) is 6.07 Å². The lowest BCUT2D eigenvalue weighted by molar-refractivity contribution is -0.114. The lowest BCUT2D eigenvalue weighted by Crippen LogP contribution is -2.22. The molecule has 0 aliphatic carbocycles. The topological polar surface area (TPSA) is 74.2 Å². The van der Waals surface area contributed by atoms with E-state index in [1.54, 1.807) is 30.3 Å². The Kier molecular flexibility index (Phi) is 5.69. The van der Waals surface area contributed by atoms with E-state index in [9.17, 15) is 4.79 Å². The van der Waals surface area contributed by atoms with Gasteiger partial charge >= 0.3 is 0 Å². The maximum absolute atomic E-state index is 12.0. The number of hydrogen-bond acceptors (Lipinski definition) is 4. The van der Waals surface area contributed by atoms with Crippen molar-refractivity contribution < 1.29 is 9.53 Å². The van der Waals surface area contributed by atoms with Crippen LogP contribution in [0.3, 0.4) is 0 Å². The number of ether oxygens (including phenoxy) is 1. The van der Waals surface area contributed by atoms with Crippen LogP contribution in [0.1, 0.15) is 5.56 Å². The maximum atomic E-state index is 12.0. The molecule has 0 saturated heterocycles. The van der Waals surface area contributed by atoms with E-state index in [4.69, 9.17) is 33.2 Å². The van der Waals surface area contributed by atoms with Gasteiger partial charge in [-0.05, 0) is 36.4 Å². The molecule has 0 fully saturated rings. The van der Waals surface area contributed by atoms with E-state index in [1.165, 1.54) is 13.2 Å². The molecule has 118 valence electrons. The van der Waals surface area contributed by atoms with Gasteiger partial charge < -0.3 is 15.4 Å². The highest BCUT2D eigenvalue weighted by molar-refractivity contribution is 6.32.